The zero-order valence-electron chi connectivity index (χ0n) is 16.6. The number of hydrogen-bond acceptors (Lipinski definition) is 5. The maximum atomic E-state index is 12.3. The molecule has 0 fully saturated rings. The Labute approximate surface area is 188 Å². The second-order valence-electron chi connectivity index (χ2n) is 6.40. The Balaban J connectivity index is 1.64. The number of nitrogens with zero attached hydrogens (tertiary/aromatic N) is 2. The van der Waals surface area contributed by atoms with E-state index in [4.69, 9.17) is 27.6 Å². The van der Waals surface area contributed by atoms with Gasteiger partial charge in [-0.1, -0.05) is 59.6 Å². The van der Waals surface area contributed by atoms with Gasteiger partial charge in [0.1, 0.15) is 0 Å². The fourth-order valence-corrected chi connectivity index (χ4v) is 3.14. The third-order valence-electron chi connectivity index (χ3n) is 4.23. The lowest BCUT2D eigenvalue weighted by molar-refractivity contribution is 0.0902. The summed E-state index contributed by atoms with van der Waals surface area (Å²) in [6.07, 6.45) is 0. The van der Waals surface area contributed by atoms with Gasteiger partial charge < -0.3 is 4.42 Å². The van der Waals surface area contributed by atoms with Crippen molar-refractivity contribution in [3.05, 3.63) is 93.4 Å². The normalized spacial score (nSPS) is 11.9. The standard InChI is InChI=1S/C22H18Cl2N4O3/c1-13(15-7-3-5-9-17(15)23)25-27-21(29)19-11-12-20(31-19)22(30)28-26-14(2)16-8-4-6-10-18(16)24/h3-12H,1-2H3,(H,27,29)(H,28,30)/b25-13+,26-14+. The first kappa shape index (κ1) is 22.3. The van der Waals surface area contributed by atoms with Gasteiger partial charge in [-0.05, 0) is 38.1 Å². The predicted molar refractivity (Wildman–Crippen MR) is 121 cm³/mol. The first-order valence-corrected chi connectivity index (χ1v) is 9.91. The number of benzene rings is 2. The molecule has 0 aliphatic heterocycles. The van der Waals surface area contributed by atoms with E-state index in [0.717, 1.165) is 0 Å². The SMILES string of the molecule is C/C(=N\NC(=O)c1ccc(C(=O)N/N=C(\C)c2ccccc2Cl)o1)c1ccccc1Cl. The topological polar surface area (TPSA) is 96.1 Å². The number of hydrazone groups is 2. The number of carbonyl (C=O) groups is 2. The van der Waals surface area contributed by atoms with Crippen molar-refractivity contribution in [1.29, 1.82) is 0 Å². The van der Waals surface area contributed by atoms with Crippen molar-refractivity contribution in [1.82, 2.24) is 10.9 Å². The van der Waals surface area contributed by atoms with Gasteiger partial charge in [0.05, 0.1) is 11.4 Å². The van der Waals surface area contributed by atoms with Crippen molar-refractivity contribution in [3.8, 4) is 0 Å². The molecule has 0 saturated carbocycles. The average Bonchev–Trinajstić information content (AvgIpc) is 3.26. The molecule has 0 spiro atoms. The number of amides is 2. The van der Waals surface area contributed by atoms with E-state index >= 15 is 0 Å². The Morgan fingerprint density at radius 1 is 0.710 bits per heavy atom. The Morgan fingerprint density at radius 3 is 1.48 bits per heavy atom. The largest absolute Gasteiger partial charge is 0.446 e. The summed E-state index contributed by atoms with van der Waals surface area (Å²) in [5, 5.41) is 9.08. The fraction of sp³-hybridized carbons (Fsp3) is 0.0909. The molecule has 0 aliphatic rings. The summed E-state index contributed by atoms with van der Waals surface area (Å²) < 4.78 is 5.32. The van der Waals surface area contributed by atoms with Crippen LogP contribution in [0.4, 0.5) is 0 Å². The molecule has 0 saturated heterocycles. The second kappa shape index (κ2) is 10.1. The third kappa shape index (κ3) is 5.59. The zero-order valence-corrected chi connectivity index (χ0v) is 18.2. The minimum absolute atomic E-state index is 0.0762. The van der Waals surface area contributed by atoms with Gasteiger partial charge in [-0.15, -0.1) is 0 Å². The van der Waals surface area contributed by atoms with Crippen LogP contribution in [0, 0.1) is 0 Å². The van der Waals surface area contributed by atoms with E-state index in [1.807, 2.05) is 12.1 Å². The minimum Gasteiger partial charge on any atom is -0.446 e. The van der Waals surface area contributed by atoms with Crippen LogP contribution in [0.5, 0.6) is 0 Å². The van der Waals surface area contributed by atoms with Gasteiger partial charge in [0, 0.05) is 21.2 Å². The van der Waals surface area contributed by atoms with Crippen LogP contribution in [-0.4, -0.2) is 23.2 Å². The highest BCUT2D eigenvalue weighted by molar-refractivity contribution is 6.34. The average molecular weight is 457 g/mol. The summed E-state index contributed by atoms with van der Waals surface area (Å²) in [5.74, 6) is -1.37. The summed E-state index contributed by atoms with van der Waals surface area (Å²) in [6, 6.07) is 17.0. The molecule has 2 N–H and O–H groups in total. The summed E-state index contributed by atoms with van der Waals surface area (Å²) in [4.78, 5) is 24.5. The first-order chi connectivity index (χ1) is 14.9. The van der Waals surface area contributed by atoms with Crippen LogP contribution in [0.15, 0.2) is 75.3 Å². The molecule has 3 rings (SSSR count). The Bertz CT molecular complexity index is 1090. The summed E-state index contributed by atoms with van der Waals surface area (Å²) in [5.41, 5.74) is 7.18. The lowest BCUT2D eigenvalue weighted by atomic mass is 10.1. The quantitative estimate of drug-likeness (QED) is 0.407. The molecule has 1 heterocycles. The summed E-state index contributed by atoms with van der Waals surface area (Å²) in [6.45, 7) is 3.42. The molecule has 7 nitrogen and oxygen atoms in total. The summed E-state index contributed by atoms with van der Waals surface area (Å²) in [7, 11) is 0. The van der Waals surface area contributed by atoms with Crippen molar-refractivity contribution >= 4 is 46.4 Å². The van der Waals surface area contributed by atoms with Gasteiger partial charge in [-0.25, -0.2) is 10.9 Å². The van der Waals surface area contributed by atoms with Gasteiger partial charge >= 0.3 is 11.8 Å². The van der Waals surface area contributed by atoms with Crippen molar-refractivity contribution in [3.63, 3.8) is 0 Å². The Kier molecular flexibility index (Phi) is 7.23. The molecule has 0 atom stereocenters. The minimum atomic E-state index is -0.610. The molecular formula is C22H18Cl2N4O3. The number of hydrogen-bond donors (Lipinski definition) is 2. The number of carbonyl (C=O) groups excluding carboxylic acids is 2. The van der Waals surface area contributed by atoms with Crippen molar-refractivity contribution in [2.45, 2.75) is 13.8 Å². The fourth-order valence-electron chi connectivity index (χ4n) is 2.59. The van der Waals surface area contributed by atoms with Crippen LogP contribution in [0.2, 0.25) is 10.0 Å². The van der Waals surface area contributed by atoms with E-state index in [9.17, 15) is 9.59 Å². The van der Waals surface area contributed by atoms with Crippen LogP contribution in [-0.2, 0) is 0 Å². The van der Waals surface area contributed by atoms with Crippen LogP contribution < -0.4 is 10.9 Å². The van der Waals surface area contributed by atoms with Crippen LogP contribution >= 0.6 is 23.2 Å². The molecule has 0 aliphatic carbocycles. The molecule has 0 bridgehead atoms. The highest BCUT2D eigenvalue weighted by Crippen LogP contribution is 2.17. The van der Waals surface area contributed by atoms with Crippen LogP contribution in [0.25, 0.3) is 0 Å². The number of rotatable bonds is 6. The third-order valence-corrected chi connectivity index (χ3v) is 4.89. The highest BCUT2D eigenvalue weighted by Gasteiger charge is 2.16. The molecule has 2 amide bonds. The monoisotopic (exact) mass is 456 g/mol. The van der Waals surface area contributed by atoms with E-state index in [0.29, 0.717) is 32.6 Å². The van der Waals surface area contributed by atoms with Gasteiger partial charge in [-0.2, -0.15) is 10.2 Å². The molecular weight excluding hydrogens is 439 g/mol. The van der Waals surface area contributed by atoms with Gasteiger partial charge in [0.15, 0.2) is 11.5 Å². The van der Waals surface area contributed by atoms with Crippen molar-refractivity contribution < 1.29 is 14.0 Å². The molecule has 9 heteroatoms. The zero-order chi connectivity index (χ0) is 22.4. The van der Waals surface area contributed by atoms with Crippen molar-refractivity contribution in [2.75, 3.05) is 0 Å². The van der Waals surface area contributed by atoms with Gasteiger partial charge in [0.25, 0.3) is 0 Å². The smallest absolute Gasteiger partial charge is 0.307 e. The molecule has 3 aromatic rings. The van der Waals surface area contributed by atoms with E-state index in [-0.39, 0.29) is 11.5 Å². The van der Waals surface area contributed by atoms with E-state index in [1.165, 1.54) is 12.1 Å². The molecule has 0 unspecified atom stereocenters. The number of furan rings is 1. The van der Waals surface area contributed by atoms with E-state index in [1.54, 1.807) is 50.2 Å². The molecule has 1 aromatic heterocycles. The van der Waals surface area contributed by atoms with Crippen LogP contribution in [0.3, 0.4) is 0 Å². The first-order valence-electron chi connectivity index (χ1n) is 9.15. The maximum Gasteiger partial charge on any atom is 0.307 e. The van der Waals surface area contributed by atoms with E-state index in [2.05, 4.69) is 21.1 Å². The summed E-state index contributed by atoms with van der Waals surface area (Å²) >= 11 is 12.2. The van der Waals surface area contributed by atoms with Crippen LogP contribution in [0.1, 0.15) is 46.1 Å². The Hall–Kier alpha value is -3.42. The lowest BCUT2D eigenvalue weighted by Gasteiger charge is -2.04. The molecule has 2 aromatic carbocycles. The van der Waals surface area contributed by atoms with Crippen molar-refractivity contribution in [2.24, 2.45) is 10.2 Å². The number of halogens is 2. The second-order valence-corrected chi connectivity index (χ2v) is 7.21. The molecule has 31 heavy (non-hydrogen) atoms. The lowest BCUT2D eigenvalue weighted by Crippen LogP contribution is -2.20. The highest BCUT2D eigenvalue weighted by atomic mass is 35.5. The Morgan fingerprint density at radius 2 is 1.10 bits per heavy atom. The van der Waals surface area contributed by atoms with Gasteiger partial charge in [-0.3, -0.25) is 9.59 Å². The maximum absolute atomic E-state index is 12.3. The predicted octanol–water partition coefficient (Wildman–Crippen LogP) is 4.89. The van der Waals surface area contributed by atoms with Gasteiger partial charge in [0.2, 0.25) is 0 Å². The van der Waals surface area contributed by atoms with E-state index < -0.39 is 11.8 Å². The molecule has 0 radical (unpaired) electrons. The number of nitrogens with one attached hydrogen (secondary N) is 2. The molecule has 158 valence electrons.